The summed E-state index contributed by atoms with van der Waals surface area (Å²) in [5, 5.41) is 27.9. The van der Waals surface area contributed by atoms with Crippen LogP contribution in [0.5, 0.6) is 17.2 Å². The lowest BCUT2D eigenvalue weighted by Crippen LogP contribution is -2.15. The summed E-state index contributed by atoms with van der Waals surface area (Å²) in [4.78, 5) is 12.5. The summed E-state index contributed by atoms with van der Waals surface area (Å²) in [6.07, 6.45) is 7.13. The Morgan fingerprint density at radius 1 is 1.10 bits per heavy atom. The van der Waals surface area contributed by atoms with E-state index < -0.39 is 5.66 Å². The first kappa shape index (κ1) is 18.6. The smallest absolute Gasteiger partial charge is 0.197 e. The molecule has 0 aliphatic carbocycles. The Morgan fingerprint density at radius 2 is 1.86 bits per heavy atom. The van der Waals surface area contributed by atoms with Gasteiger partial charge in [-0.15, -0.1) is 12.3 Å². The lowest BCUT2D eigenvalue weighted by molar-refractivity contribution is 0.282. The van der Waals surface area contributed by atoms with Crippen molar-refractivity contribution in [2.24, 2.45) is 10.2 Å². The molecule has 29 heavy (non-hydrogen) atoms. The van der Waals surface area contributed by atoms with E-state index in [9.17, 15) is 15.0 Å². The number of terminal acetylenes is 1. The van der Waals surface area contributed by atoms with Gasteiger partial charge in [0.2, 0.25) is 0 Å². The van der Waals surface area contributed by atoms with Crippen molar-refractivity contribution in [3.05, 3.63) is 52.7 Å². The second kappa shape index (κ2) is 7.32. The van der Waals surface area contributed by atoms with Crippen LogP contribution in [0.25, 0.3) is 22.3 Å². The van der Waals surface area contributed by atoms with Gasteiger partial charge in [-0.05, 0) is 24.3 Å². The minimum absolute atomic E-state index is 0.0811. The van der Waals surface area contributed by atoms with Gasteiger partial charge in [0.25, 0.3) is 0 Å². The van der Waals surface area contributed by atoms with Crippen LogP contribution in [0, 0.1) is 12.3 Å². The largest absolute Gasteiger partial charge is 0.508 e. The molecule has 0 fully saturated rings. The number of benzene rings is 2. The number of hydrogen-bond donors (Lipinski definition) is 2. The Morgan fingerprint density at radius 3 is 2.55 bits per heavy atom. The highest BCUT2D eigenvalue weighted by atomic mass is 16.5. The summed E-state index contributed by atoms with van der Waals surface area (Å²) < 4.78 is 11.5. The summed E-state index contributed by atoms with van der Waals surface area (Å²) in [6.45, 7) is 0.324. The summed E-state index contributed by atoms with van der Waals surface area (Å²) in [6, 6.07) is 10.5. The van der Waals surface area contributed by atoms with Crippen molar-refractivity contribution in [2.45, 2.75) is 24.9 Å². The quantitative estimate of drug-likeness (QED) is 0.588. The molecule has 2 aromatic carbocycles. The van der Waals surface area contributed by atoms with E-state index in [0.717, 1.165) is 0 Å². The summed E-state index contributed by atoms with van der Waals surface area (Å²) in [7, 11) is 0. The van der Waals surface area contributed by atoms with Crippen molar-refractivity contribution in [3.8, 4) is 40.9 Å². The minimum Gasteiger partial charge on any atom is -0.508 e. The van der Waals surface area contributed by atoms with Gasteiger partial charge >= 0.3 is 0 Å². The van der Waals surface area contributed by atoms with Crippen LogP contribution in [0.15, 0.2) is 61.9 Å². The van der Waals surface area contributed by atoms with Crippen LogP contribution in [-0.2, 0) is 0 Å². The number of ether oxygens (including phenoxy) is 1. The van der Waals surface area contributed by atoms with E-state index in [-0.39, 0.29) is 27.9 Å². The standard InChI is InChI=1S/C22H18N2O5/c1-2-3-8-22(23-24-22)9-10-28-16-11-17(26)21-18(27)13-19(29-20(21)12-16)14-4-6-15(25)7-5-14/h1,4-7,11-13,25-26H,3,8-10H2. The maximum absolute atomic E-state index is 12.5. The summed E-state index contributed by atoms with van der Waals surface area (Å²) in [5.41, 5.74) is 0.00442. The van der Waals surface area contributed by atoms with E-state index in [4.69, 9.17) is 15.6 Å². The molecule has 146 valence electrons. The van der Waals surface area contributed by atoms with E-state index in [1.54, 1.807) is 18.2 Å². The Balaban J connectivity index is 1.57. The molecule has 0 saturated carbocycles. The Bertz CT molecular complexity index is 1180. The molecular weight excluding hydrogens is 372 g/mol. The number of phenolic OH excluding ortho intramolecular Hbond substituents is 2. The van der Waals surface area contributed by atoms with Crippen LogP contribution in [-0.4, -0.2) is 22.5 Å². The van der Waals surface area contributed by atoms with Crippen LogP contribution in [0.1, 0.15) is 19.3 Å². The number of phenols is 2. The summed E-state index contributed by atoms with van der Waals surface area (Å²) >= 11 is 0. The number of hydrogen-bond acceptors (Lipinski definition) is 7. The number of aromatic hydroxyl groups is 2. The third-order valence-corrected chi connectivity index (χ3v) is 4.76. The second-order valence-corrected chi connectivity index (χ2v) is 6.82. The number of nitrogens with zero attached hydrogens (tertiary/aromatic N) is 2. The second-order valence-electron chi connectivity index (χ2n) is 6.82. The molecular formula is C22H18N2O5. The topological polar surface area (TPSA) is 105 Å². The fourth-order valence-electron chi connectivity index (χ4n) is 3.10. The normalized spacial score (nSPS) is 13.9. The van der Waals surface area contributed by atoms with Gasteiger partial charge in [-0.1, -0.05) is 0 Å². The first-order valence-corrected chi connectivity index (χ1v) is 9.10. The molecule has 0 unspecified atom stereocenters. The van der Waals surface area contributed by atoms with Gasteiger partial charge in [-0.25, -0.2) is 0 Å². The van der Waals surface area contributed by atoms with Crippen LogP contribution >= 0.6 is 0 Å². The fraction of sp³-hybridized carbons (Fsp3) is 0.227. The SMILES string of the molecule is C#CCCC1(CCOc2cc(O)c3c(=O)cc(-c4ccc(O)cc4)oc3c2)N=N1. The molecule has 0 radical (unpaired) electrons. The zero-order chi connectivity index (χ0) is 20.4. The van der Waals surface area contributed by atoms with E-state index in [1.165, 1.54) is 24.3 Å². The predicted molar refractivity (Wildman–Crippen MR) is 107 cm³/mol. The maximum atomic E-state index is 12.5. The molecule has 0 saturated heterocycles. The number of fused-ring (bicyclic) bond motifs is 1. The van der Waals surface area contributed by atoms with Gasteiger partial charge in [-0.2, -0.15) is 10.2 Å². The third kappa shape index (κ3) is 3.92. The molecule has 2 N–H and O–H groups in total. The van der Waals surface area contributed by atoms with Crippen molar-refractivity contribution in [2.75, 3.05) is 6.61 Å². The summed E-state index contributed by atoms with van der Waals surface area (Å²) in [5.74, 6) is 3.16. The highest BCUT2D eigenvalue weighted by molar-refractivity contribution is 5.86. The molecule has 7 nitrogen and oxygen atoms in total. The molecule has 0 amide bonds. The highest BCUT2D eigenvalue weighted by Gasteiger charge is 2.38. The first-order valence-electron chi connectivity index (χ1n) is 9.10. The van der Waals surface area contributed by atoms with E-state index in [1.807, 2.05) is 0 Å². The van der Waals surface area contributed by atoms with Gasteiger partial charge in [0.1, 0.15) is 34.0 Å². The molecule has 0 bridgehead atoms. The minimum atomic E-state index is -0.454. The van der Waals surface area contributed by atoms with Gasteiger partial charge in [0, 0.05) is 43.0 Å². The Hall–Kier alpha value is -3.79. The molecule has 4 rings (SSSR count). The van der Waals surface area contributed by atoms with E-state index in [0.29, 0.717) is 42.9 Å². The molecule has 1 aliphatic heterocycles. The Kier molecular flexibility index (Phi) is 4.69. The number of rotatable bonds is 7. The van der Waals surface area contributed by atoms with Gasteiger partial charge in [-0.3, -0.25) is 4.79 Å². The van der Waals surface area contributed by atoms with Crippen molar-refractivity contribution in [1.82, 2.24) is 0 Å². The molecule has 1 aromatic heterocycles. The fourth-order valence-corrected chi connectivity index (χ4v) is 3.10. The lowest BCUT2D eigenvalue weighted by Gasteiger charge is -2.11. The molecule has 1 aliphatic rings. The van der Waals surface area contributed by atoms with Gasteiger partial charge < -0.3 is 19.4 Å². The molecule has 2 heterocycles. The lowest BCUT2D eigenvalue weighted by atomic mass is 10.1. The van der Waals surface area contributed by atoms with Crippen LogP contribution in [0.3, 0.4) is 0 Å². The van der Waals surface area contributed by atoms with Crippen molar-refractivity contribution in [1.29, 1.82) is 0 Å². The molecule has 7 heteroatoms. The molecule has 3 aromatic rings. The zero-order valence-electron chi connectivity index (χ0n) is 15.5. The average molecular weight is 390 g/mol. The van der Waals surface area contributed by atoms with E-state index in [2.05, 4.69) is 16.1 Å². The predicted octanol–water partition coefficient (Wildman–Crippen LogP) is 4.22. The van der Waals surface area contributed by atoms with Crippen molar-refractivity contribution in [3.63, 3.8) is 0 Å². The third-order valence-electron chi connectivity index (χ3n) is 4.76. The highest BCUT2D eigenvalue weighted by Crippen LogP contribution is 2.37. The van der Waals surface area contributed by atoms with Gasteiger partial charge in [0.05, 0.1) is 6.61 Å². The maximum Gasteiger partial charge on any atom is 0.197 e. The van der Waals surface area contributed by atoms with E-state index >= 15 is 0 Å². The Labute approximate surface area is 166 Å². The zero-order valence-corrected chi connectivity index (χ0v) is 15.5. The monoisotopic (exact) mass is 390 g/mol. The van der Waals surface area contributed by atoms with Crippen LogP contribution in [0.4, 0.5) is 0 Å². The van der Waals surface area contributed by atoms with Gasteiger partial charge in [0.15, 0.2) is 11.1 Å². The van der Waals surface area contributed by atoms with Crippen molar-refractivity contribution < 1.29 is 19.4 Å². The van der Waals surface area contributed by atoms with Crippen molar-refractivity contribution >= 4 is 11.0 Å². The molecule has 0 spiro atoms. The molecule has 0 atom stereocenters. The first-order chi connectivity index (χ1) is 14.0. The van der Waals surface area contributed by atoms with Crippen LogP contribution < -0.4 is 10.2 Å². The van der Waals surface area contributed by atoms with Crippen LogP contribution in [0.2, 0.25) is 0 Å². The average Bonchev–Trinajstić information content (AvgIpc) is 3.46.